The molecule has 4 aromatic rings. The van der Waals surface area contributed by atoms with E-state index in [0.717, 1.165) is 35.0 Å². The summed E-state index contributed by atoms with van der Waals surface area (Å²) in [7, 11) is 0. The minimum absolute atomic E-state index is 0.0787. The predicted molar refractivity (Wildman–Crippen MR) is 123 cm³/mol. The Hall–Kier alpha value is -3.06. The van der Waals surface area contributed by atoms with E-state index in [0.29, 0.717) is 11.1 Å². The second kappa shape index (κ2) is 8.98. The maximum atomic E-state index is 13.2. The van der Waals surface area contributed by atoms with E-state index >= 15 is 0 Å². The quantitative estimate of drug-likeness (QED) is 0.397. The van der Waals surface area contributed by atoms with Crippen molar-refractivity contribution in [2.75, 3.05) is 10.7 Å². The normalized spacial score (nSPS) is 14.7. The number of para-hydroxylation sites is 2. The summed E-state index contributed by atoms with van der Waals surface area (Å²) in [5.74, 6) is 0.801. The molecule has 31 heavy (non-hydrogen) atoms. The van der Waals surface area contributed by atoms with Crippen molar-refractivity contribution >= 4 is 34.3 Å². The van der Waals surface area contributed by atoms with Crippen molar-refractivity contribution in [1.82, 2.24) is 15.2 Å². The van der Waals surface area contributed by atoms with Crippen LogP contribution in [0, 0.1) is 0 Å². The Kier molecular flexibility index (Phi) is 5.76. The van der Waals surface area contributed by atoms with Crippen LogP contribution < -0.4 is 4.90 Å². The first-order chi connectivity index (χ1) is 15.3. The van der Waals surface area contributed by atoms with Crippen molar-refractivity contribution < 1.29 is 9.21 Å². The minimum Gasteiger partial charge on any atom is -0.411 e. The summed E-state index contributed by atoms with van der Waals surface area (Å²) in [5, 5.41) is 9.80. The summed E-state index contributed by atoms with van der Waals surface area (Å²) in [6, 6.07) is 18.2. The largest absolute Gasteiger partial charge is 0.411 e. The average molecular weight is 433 g/mol. The summed E-state index contributed by atoms with van der Waals surface area (Å²) in [6.07, 6.45) is 7.57. The van der Waals surface area contributed by atoms with E-state index in [1.807, 2.05) is 65.7 Å². The van der Waals surface area contributed by atoms with Crippen LogP contribution in [0.4, 0.5) is 5.69 Å². The average Bonchev–Trinajstić information content (AvgIpc) is 3.46. The highest BCUT2D eigenvalue weighted by Crippen LogP contribution is 2.31. The van der Waals surface area contributed by atoms with E-state index in [4.69, 9.17) is 4.42 Å². The number of thioether (sulfide) groups is 1. The predicted octanol–water partition coefficient (Wildman–Crippen LogP) is 5.68. The number of anilines is 1. The number of H-pyrrole nitrogens is 1. The van der Waals surface area contributed by atoms with Gasteiger partial charge in [0.2, 0.25) is 5.91 Å². The molecule has 0 saturated heterocycles. The second-order valence-electron chi connectivity index (χ2n) is 7.80. The number of carbonyl (C=O) groups excluding carboxylic acids is 1. The highest BCUT2D eigenvalue weighted by molar-refractivity contribution is 7.99. The van der Waals surface area contributed by atoms with Crippen LogP contribution in [0.15, 0.2) is 70.4 Å². The van der Waals surface area contributed by atoms with E-state index in [2.05, 4.69) is 15.2 Å². The van der Waals surface area contributed by atoms with Gasteiger partial charge in [-0.15, -0.1) is 10.2 Å². The first kappa shape index (κ1) is 19.9. The number of carbonyl (C=O) groups is 1. The monoisotopic (exact) mass is 432 g/mol. The fourth-order valence-corrected chi connectivity index (χ4v) is 4.93. The number of aromatic nitrogens is 3. The molecular formula is C24H24N4O2S. The Bertz CT molecular complexity index is 1160. The number of nitrogens with one attached hydrogen (secondary N) is 1. The van der Waals surface area contributed by atoms with Gasteiger partial charge in [0.25, 0.3) is 11.1 Å². The molecule has 1 aliphatic carbocycles. The molecule has 0 atom stereocenters. The number of hydrogen-bond acceptors (Lipinski definition) is 5. The van der Waals surface area contributed by atoms with Crippen molar-refractivity contribution in [3.8, 4) is 11.5 Å². The van der Waals surface area contributed by atoms with Crippen molar-refractivity contribution in [2.45, 2.75) is 43.4 Å². The van der Waals surface area contributed by atoms with Crippen LogP contribution in [0.5, 0.6) is 0 Å². The van der Waals surface area contributed by atoms with Crippen molar-refractivity contribution in [3.05, 3.63) is 60.8 Å². The number of hydrogen-bond donors (Lipinski definition) is 1. The van der Waals surface area contributed by atoms with Crippen LogP contribution in [0.25, 0.3) is 22.4 Å². The van der Waals surface area contributed by atoms with Crippen LogP contribution in [-0.4, -0.2) is 32.9 Å². The number of rotatable bonds is 6. The second-order valence-corrected chi connectivity index (χ2v) is 8.73. The first-order valence-corrected chi connectivity index (χ1v) is 11.7. The number of aromatic amines is 1. The molecule has 0 spiro atoms. The molecule has 0 aliphatic heterocycles. The lowest BCUT2D eigenvalue weighted by atomic mass is 9.93. The third-order valence-electron chi connectivity index (χ3n) is 5.79. The van der Waals surface area contributed by atoms with Gasteiger partial charge in [0.1, 0.15) is 0 Å². The molecule has 0 bridgehead atoms. The Balaban J connectivity index is 1.31. The molecule has 6 nitrogen and oxygen atoms in total. The van der Waals surface area contributed by atoms with Gasteiger partial charge in [0.05, 0.1) is 11.3 Å². The molecule has 1 aliphatic rings. The minimum atomic E-state index is 0.0787. The molecule has 2 aromatic heterocycles. The molecule has 1 N–H and O–H groups in total. The number of benzene rings is 2. The summed E-state index contributed by atoms with van der Waals surface area (Å²) >= 11 is 1.30. The fraction of sp³-hybridized carbons (Fsp3) is 0.292. The van der Waals surface area contributed by atoms with E-state index in [-0.39, 0.29) is 17.7 Å². The molecule has 2 heterocycles. The lowest BCUT2D eigenvalue weighted by molar-refractivity contribution is -0.116. The van der Waals surface area contributed by atoms with Crippen LogP contribution in [0.1, 0.15) is 32.1 Å². The van der Waals surface area contributed by atoms with Crippen LogP contribution in [-0.2, 0) is 4.79 Å². The third kappa shape index (κ3) is 4.23. The summed E-state index contributed by atoms with van der Waals surface area (Å²) in [6.45, 7) is 0. The Morgan fingerprint density at radius 3 is 2.65 bits per heavy atom. The lowest BCUT2D eigenvalue weighted by Gasteiger charge is -2.34. The first-order valence-electron chi connectivity index (χ1n) is 10.7. The summed E-state index contributed by atoms with van der Waals surface area (Å²) in [4.78, 5) is 18.4. The molecule has 2 aromatic carbocycles. The highest BCUT2D eigenvalue weighted by Gasteiger charge is 2.27. The fourth-order valence-electron chi connectivity index (χ4n) is 4.30. The van der Waals surface area contributed by atoms with Gasteiger partial charge in [0.15, 0.2) is 0 Å². The molecule has 158 valence electrons. The van der Waals surface area contributed by atoms with Crippen molar-refractivity contribution in [1.29, 1.82) is 0 Å². The Labute approximate surface area is 185 Å². The Morgan fingerprint density at radius 2 is 1.81 bits per heavy atom. The maximum absolute atomic E-state index is 13.2. The topological polar surface area (TPSA) is 75.0 Å². The van der Waals surface area contributed by atoms with Gasteiger partial charge in [-0.05, 0) is 31.0 Å². The number of amides is 1. The van der Waals surface area contributed by atoms with Gasteiger partial charge in [-0.1, -0.05) is 67.4 Å². The molecule has 5 rings (SSSR count). The van der Waals surface area contributed by atoms with Gasteiger partial charge in [-0.3, -0.25) is 4.79 Å². The zero-order valence-corrected chi connectivity index (χ0v) is 18.0. The molecule has 1 amide bonds. The Morgan fingerprint density at radius 1 is 1.03 bits per heavy atom. The molecule has 7 heteroatoms. The third-order valence-corrected chi connectivity index (χ3v) is 6.59. The standard InChI is InChI=1S/C24H24N4O2S/c29-22(28(17-9-3-1-4-10-17)18-11-5-2-6-12-18)16-31-24-27-26-23(30-24)20-15-25-21-14-8-7-13-19(20)21/h1,3-4,7-10,13-15,18,25H,2,5-6,11-12,16H2. The SMILES string of the molecule is O=C(CSc1nnc(-c2c[nH]c3ccccc23)o1)N(c1ccccc1)C1CCCCC1. The summed E-state index contributed by atoms with van der Waals surface area (Å²) in [5.41, 5.74) is 2.85. The van der Waals surface area contributed by atoms with Crippen LogP contribution in [0.2, 0.25) is 0 Å². The van der Waals surface area contributed by atoms with Crippen molar-refractivity contribution in [3.63, 3.8) is 0 Å². The molecule has 0 unspecified atom stereocenters. The molecule has 1 fully saturated rings. The smallest absolute Gasteiger partial charge is 0.277 e. The lowest BCUT2D eigenvalue weighted by Crippen LogP contribution is -2.42. The van der Waals surface area contributed by atoms with Crippen molar-refractivity contribution in [2.24, 2.45) is 0 Å². The zero-order valence-electron chi connectivity index (χ0n) is 17.2. The van der Waals surface area contributed by atoms with E-state index in [1.54, 1.807) is 0 Å². The van der Waals surface area contributed by atoms with Crippen LogP contribution >= 0.6 is 11.8 Å². The van der Waals surface area contributed by atoms with Crippen LogP contribution in [0.3, 0.4) is 0 Å². The number of fused-ring (bicyclic) bond motifs is 1. The number of nitrogens with zero attached hydrogens (tertiary/aromatic N) is 3. The summed E-state index contributed by atoms with van der Waals surface area (Å²) < 4.78 is 5.87. The maximum Gasteiger partial charge on any atom is 0.277 e. The van der Waals surface area contributed by atoms with Gasteiger partial charge in [0, 0.05) is 28.8 Å². The van der Waals surface area contributed by atoms with Gasteiger partial charge >= 0.3 is 0 Å². The van der Waals surface area contributed by atoms with Gasteiger partial charge in [-0.25, -0.2) is 0 Å². The van der Waals surface area contributed by atoms with E-state index in [1.165, 1.54) is 31.0 Å². The van der Waals surface area contributed by atoms with Gasteiger partial charge in [-0.2, -0.15) is 0 Å². The zero-order chi connectivity index (χ0) is 21.0. The van der Waals surface area contributed by atoms with Gasteiger partial charge < -0.3 is 14.3 Å². The molecule has 0 radical (unpaired) electrons. The van der Waals surface area contributed by atoms with E-state index in [9.17, 15) is 4.79 Å². The molecule has 1 saturated carbocycles. The van der Waals surface area contributed by atoms with E-state index < -0.39 is 0 Å². The molecular weight excluding hydrogens is 408 g/mol. The highest BCUT2D eigenvalue weighted by atomic mass is 32.2.